The molecule has 2 aromatic rings. The summed E-state index contributed by atoms with van der Waals surface area (Å²) in [7, 11) is 0. The van der Waals surface area contributed by atoms with Crippen LogP contribution in [0.2, 0.25) is 5.02 Å². The van der Waals surface area contributed by atoms with Crippen LogP contribution in [0.1, 0.15) is 19.4 Å². The first-order chi connectivity index (χ1) is 13.0. The molecule has 0 aliphatic carbocycles. The summed E-state index contributed by atoms with van der Waals surface area (Å²) < 4.78 is 19.0. The molecule has 6 heteroatoms. The first-order valence-corrected chi connectivity index (χ1v) is 9.24. The zero-order valence-corrected chi connectivity index (χ0v) is 16.1. The second-order valence-electron chi connectivity index (χ2n) is 6.76. The average Bonchev–Trinajstić information content (AvgIpc) is 2.65. The largest absolute Gasteiger partial charge is 0.478 e. The number of benzene rings is 2. The summed E-state index contributed by atoms with van der Waals surface area (Å²) >= 11 is 5.90. The predicted molar refractivity (Wildman–Crippen MR) is 104 cm³/mol. The molecule has 0 aromatic heterocycles. The summed E-state index contributed by atoms with van der Waals surface area (Å²) in [6.45, 7) is 5.64. The Balaban J connectivity index is 1.68. The van der Waals surface area contributed by atoms with Gasteiger partial charge in [0.15, 0.2) is 0 Å². The van der Waals surface area contributed by atoms with Crippen molar-refractivity contribution in [3.63, 3.8) is 0 Å². The lowest BCUT2D eigenvalue weighted by atomic mass is 10.0. The van der Waals surface area contributed by atoms with Crippen LogP contribution in [0.3, 0.4) is 0 Å². The monoisotopic (exact) mass is 388 g/mol. The van der Waals surface area contributed by atoms with Gasteiger partial charge in [-0.2, -0.15) is 0 Å². The van der Waals surface area contributed by atoms with Gasteiger partial charge in [0.05, 0.1) is 6.04 Å². The molecule has 27 heavy (non-hydrogen) atoms. The van der Waals surface area contributed by atoms with E-state index in [2.05, 4.69) is 17.8 Å². The smallest absolute Gasteiger partial charge is 0.147 e. The van der Waals surface area contributed by atoms with Gasteiger partial charge in [-0.25, -0.2) is 9.18 Å². The molecule has 1 aliphatic rings. The molecule has 142 valence electrons. The minimum absolute atomic E-state index is 0.140. The third-order valence-electron chi connectivity index (χ3n) is 4.87. The molecular formula is C21H22ClFN2O2. The fraction of sp³-hybridized carbons (Fsp3) is 0.333. The number of nitrogens with zero attached hydrogens (tertiary/aromatic N) is 2. The summed E-state index contributed by atoms with van der Waals surface area (Å²) in [5.74, 6) is 2.55. The van der Waals surface area contributed by atoms with Crippen molar-refractivity contribution in [1.82, 2.24) is 9.80 Å². The van der Waals surface area contributed by atoms with E-state index in [0.29, 0.717) is 30.5 Å². The first-order valence-electron chi connectivity index (χ1n) is 8.86. The Kier molecular flexibility index (Phi) is 6.17. The van der Waals surface area contributed by atoms with Crippen molar-refractivity contribution in [3.05, 3.63) is 70.6 Å². The van der Waals surface area contributed by atoms with Gasteiger partial charge in [-0.15, -0.1) is 0 Å². The molecule has 1 saturated heterocycles. The quantitative estimate of drug-likeness (QED) is 0.721. The van der Waals surface area contributed by atoms with Crippen molar-refractivity contribution in [1.29, 1.82) is 0 Å². The van der Waals surface area contributed by atoms with E-state index in [1.165, 1.54) is 12.1 Å². The second-order valence-corrected chi connectivity index (χ2v) is 7.20. The molecule has 0 bridgehead atoms. The van der Waals surface area contributed by atoms with Crippen LogP contribution in [-0.2, 0) is 11.3 Å². The molecule has 3 rings (SSSR count). The highest BCUT2D eigenvalue weighted by atomic mass is 35.5. The number of piperazine rings is 1. The summed E-state index contributed by atoms with van der Waals surface area (Å²) in [6, 6.07) is 13.6. The highest BCUT2D eigenvalue weighted by molar-refractivity contribution is 6.30. The molecule has 0 spiro atoms. The molecule has 0 radical (unpaired) electrons. The van der Waals surface area contributed by atoms with Gasteiger partial charge >= 0.3 is 0 Å². The fourth-order valence-corrected chi connectivity index (χ4v) is 3.48. The first kappa shape index (κ1) is 19.4. The van der Waals surface area contributed by atoms with Crippen molar-refractivity contribution in [2.75, 3.05) is 13.3 Å². The summed E-state index contributed by atoms with van der Waals surface area (Å²) in [5, 5.41) is 0.657. The van der Waals surface area contributed by atoms with Crippen LogP contribution >= 0.6 is 11.6 Å². The van der Waals surface area contributed by atoms with Crippen LogP contribution in [0.4, 0.5) is 4.39 Å². The zero-order chi connectivity index (χ0) is 19.4. The molecule has 0 saturated carbocycles. The van der Waals surface area contributed by atoms with Gasteiger partial charge in [0, 0.05) is 24.2 Å². The van der Waals surface area contributed by atoms with Gasteiger partial charge < -0.3 is 9.64 Å². The van der Waals surface area contributed by atoms with E-state index >= 15 is 0 Å². The predicted octanol–water partition coefficient (Wildman–Crippen LogP) is 4.13. The molecular weight excluding hydrogens is 367 g/mol. The molecule has 1 fully saturated rings. The maximum absolute atomic E-state index is 13.1. The normalized spacial score (nSPS) is 20.4. The molecule has 0 unspecified atom stereocenters. The van der Waals surface area contributed by atoms with Crippen LogP contribution in [-0.4, -0.2) is 41.1 Å². The number of rotatable bonds is 5. The number of hydrogen-bond donors (Lipinski definition) is 0. The molecule has 4 nitrogen and oxygen atoms in total. The Morgan fingerprint density at radius 2 is 1.81 bits per heavy atom. The van der Waals surface area contributed by atoms with Crippen molar-refractivity contribution < 1.29 is 13.9 Å². The third-order valence-corrected chi connectivity index (χ3v) is 5.12. The number of hydrogen-bond acceptors (Lipinski definition) is 4. The Bertz CT molecular complexity index is 819. The van der Waals surface area contributed by atoms with Crippen LogP contribution in [0.5, 0.6) is 5.75 Å². The number of halogens is 2. The van der Waals surface area contributed by atoms with Gasteiger partial charge in [-0.05, 0) is 55.8 Å². The van der Waals surface area contributed by atoms with Crippen LogP contribution in [0.25, 0.3) is 0 Å². The molecule has 2 aromatic carbocycles. The Hall–Kier alpha value is -2.33. The molecule has 1 heterocycles. The SMILES string of the molecule is C[C@@H]1C(=C=O)N(Cc2ccc(F)cc2)C[C@H](C)N1COc1ccc(Cl)cc1. The van der Waals surface area contributed by atoms with Gasteiger partial charge in [-0.1, -0.05) is 23.7 Å². The van der Waals surface area contributed by atoms with Gasteiger partial charge in [0.25, 0.3) is 0 Å². The van der Waals surface area contributed by atoms with E-state index in [4.69, 9.17) is 16.3 Å². The standard InChI is InChI=1S/C21H22ClFN2O2/c1-15-11-24(12-17-3-7-19(23)8-4-17)21(13-26)16(2)25(15)14-27-20-9-5-18(22)6-10-20/h3-10,15-16H,11-12,14H2,1-2H3/t15-,16+/m0/s1. The topological polar surface area (TPSA) is 32.8 Å². The van der Waals surface area contributed by atoms with E-state index in [9.17, 15) is 9.18 Å². The summed E-state index contributed by atoms with van der Waals surface area (Å²) in [6.07, 6.45) is 0. The van der Waals surface area contributed by atoms with Crippen molar-refractivity contribution in [2.24, 2.45) is 0 Å². The van der Waals surface area contributed by atoms with Crippen LogP contribution in [0, 0.1) is 5.82 Å². The van der Waals surface area contributed by atoms with Gasteiger partial charge in [-0.3, -0.25) is 4.90 Å². The van der Waals surface area contributed by atoms with E-state index in [1.54, 1.807) is 24.3 Å². The lowest BCUT2D eigenvalue weighted by molar-refractivity contribution is 0.0155. The number of ether oxygens (including phenoxy) is 1. The Labute approximate surface area is 163 Å². The van der Waals surface area contributed by atoms with Gasteiger partial charge in [0.2, 0.25) is 0 Å². The minimum Gasteiger partial charge on any atom is -0.478 e. The van der Waals surface area contributed by atoms with E-state index < -0.39 is 0 Å². The second kappa shape index (κ2) is 8.57. The molecule has 1 aliphatic heterocycles. The minimum atomic E-state index is -0.268. The average molecular weight is 389 g/mol. The maximum Gasteiger partial charge on any atom is 0.147 e. The highest BCUT2D eigenvalue weighted by Crippen LogP contribution is 2.26. The zero-order valence-electron chi connectivity index (χ0n) is 15.4. The maximum atomic E-state index is 13.1. The molecule has 0 N–H and O–H groups in total. The van der Waals surface area contributed by atoms with E-state index in [-0.39, 0.29) is 17.9 Å². The van der Waals surface area contributed by atoms with Crippen molar-refractivity contribution in [2.45, 2.75) is 32.5 Å². The van der Waals surface area contributed by atoms with Crippen molar-refractivity contribution in [3.8, 4) is 5.75 Å². The van der Waals surface area contributed by atoms with Crippen molar-refractivity contribution >= 4 is 17.5 Å². The van der Waals surface area contributed by atoms with E-state index in [1.807, 2.05) is 24.0 Å². The van der Waals surface area contributed by atoms with Crippen LogP contribution in [0.15, 0.2) is 54.2 Å². The Morgan fingerprint density at radius 1 is 1.15 bits per heavy atom. The van der Waals surface area contributed by atoms with E-state index in [0.717, 1.165) is 11.3 Å². The lowest BCUT2D eigenvalue weighted by Crippen LogP contribution is -2.56. The fourth-order valence-electron chi connectivity index (χ4n) is 3.35. The summed E-state index contributed by atoms with van der Waals surface area (Å²) in [5.41, 5.74) is 1.53. The summed E-state index contributed by atoms with van der Waals surface area (Å²) in [4.78, 5) is 15.8. The van der Waals surface area contributed by atoms with Gasteiger partial charge in [0.1, 0.15) is 29.9 Å². The molecule has 0 amide bonds. The lowest BCUT2D eigenvalue weighted by Gasteiger charge is -2.45. The number of carbonyl (C=O) groups excluding carboxylic acids is 1. The Morgan fingerprint density at radius 3 is 2.44 bits per heavy atom. The van der Waals surface area contributed by atoms with Crippen LogP contribution < -0.4 is 4.74 Å². The highest BCUT2D eigenvalue weighted by Gasteiger charge is 2.34. The third kappa shape index (κ3) is 4.69. The molecule has 2 atom stereocenters.